The molecule has 0 radical (unpaired) electrons. The van der Waals surface area contributed by atoms with Crippen LogP contribution in [0.4, 0.5) is 0 Å². The number of carbonyl (C=O) groups excluding carboxylic acids is 1. The number of thiazole rings is 1. The number of carbonyl (C=O) groups is 1. The zero-order valence-electron chi connectivity index (χ0n) is 13.0. The molecule has 3 heterocycles. The summed E-state index contributed by atoms with van der Waals surface area (Å²) in [5.74, 6) is 0.0350. The highest BCUT2D eigenvalue weighted by atomic mass is 32.1. The first-order chi connectivity index (χ1) is 10.6. The van der Waals surface area contributed by atoms with Gasteiger partial charge in [0.2, 0.25) is 0 Å². The number of aryl methyl sites for hydroxylation is 2. The summed E-state index contributed by atoms with van der Waals surface area (Å²) in [6, 6.07) is 5.58. The smallest absolute Gasteiger partial charge is 0.272 e. The van der Waals surface area contributed by atoms with Crippen LogP contribution in [0.1, 0.15) is 26.9 Å². The molecule has 2 aromatic heterocycles. The first-order valence-electron chi connectivity index (χ1n) is 7.48. The summed E-state index contributed by atoms with van der Waals surface area (Å²) in [7, 11) is 0. The number of aromatic nitrogens is 2. The van der Waals surface area contributed by atoms with E-state index < -0.39 is 0 Å². The molecule has 1 aliphatic heterocycles. The predicted octanol–water partition coefficient (Wildman–Crippen LogP) is 2.11. The highest BCUT2D eigenvalue weighted by Crippen LogP contribution is 2.13. The second-order valence-electron chi connectivity index (χ2n) is 5.59. The molecule has 1 fully saturated rings. The van der Waals surface area contributed by atoms with Crippen molar-refractivity contribution < 1.29 is 4.79 Å². The lowest BCUT2D eigenvalue weighted by atomic mass is 10.2. The molecule has 5 nitrogen and oxygen atoms in total. The minimum absolute atomic E-state index is 0.0350. The van der Waals surface area contributed by atoms with Crippen molar-refractivity contribution in [2.75, 3.05) is 26.2 Å². The minimum Gasteiger partial charge on any atom is -0.335 e. The Morgan fingerprint density at radius 1 is 1.18 bits per heavy atom. The molecular formula is C16H20N4OS. The van der Waals surface area contributed by atoms with Crippen LogP contribution in [0.3, 0.4) is 0 Å². The van der Waals surface area contributed by atoms with Crippen molar-refractivity contribution in [1.82, 2.24) is 19.8 Å². The average Bonchev–Trinajstić information content (AvgIpc) is 2.92. The van der Waals surface area contributed by atoms with Crippen LogP contribution in [0.2, 0.25) is 0 Å². The number of piperazine rings is 1. The monoisotopic (exact) mass is 316 g/mol. The number of rotatable bonds is 3. The molecule has 0 saturated carbocycles. The van der Waals surface area contributed by atoms with E-state index in [9.17, 15) is 4.79 Å². The lowest BCUT2D eigenvalue weighted by Gasteiger charge is -2.34. The molecule has 1 saturated heterocycles. The van der Waals surface area contributed by atoms with Crippen LogP contribution in [0, 0.1) is 13.8 Å². The topological polar surface area (TPSA) is 49.3 Å². The summed E-state index contributed by atoms with van der Waals surface area (Å²) in [5.41, 5.74) is 2.55. The van der Waals surface area contributed by atoms with Crippen molar-refractivity contribution in [1.29, 1.82) is 0 Å². The van der Waals surface area contributed by atoms with E-state index in [-0.39, 0.29) is 5.91 Å². The Morgan fingerprint density at radius 2 is 1.95 bits per heavy atom. The molecule has 1 amide bonds. The van der Waals surface area contributed by atoms with Crippen LogP contribution < -0.4 is 0 Å². The largest absolute Gasteiger partial charge is 0.335 e. The average molecular weight is 316 g/mol. The molecule has 0 aliphatic carbocycles. The van der Waals surface area contributed by atoms with Gasteiger partial charge in [-0.2, -0.15) is 0 Å². The van der Waals surface area contributed by atoms with Gasteiger partial charge < -0.3 is 4.90 Å². The third-order valence-corrected chi connectivity index (χ3v) is 4.64. The van der Waals surface area contributed by atoms with E-state index in [1.54, 1.807) is 17.4 Å². The van der Waals surface area contributed by atoms with Gasteiger partial charge in [-0.05, 0) is 26.0 Å². The summed E-state index contributed by atoms with van der Waals surface area (Å²) in [4.78, 5) is 25.5. The van der Waals surface area contributed by atoms with Gasteiger partial charge in [0.05, 0.1) is 10.7 Å². The highest BCUT2D eigenvalue weighted by Gasteiger charge is 2.23. The van der Waals surface area contributed by atoms with Crippen molar-refractivity contribution in [2.45, 2.75) is 20.4 Å². The molecule has 0 aromatic carbocycles. The summed E-state index contributed by atoms with van der Waals surface area (Å²) in [6.45, 7) is 8.07. The molecule has 0 N–H and O–H groups in total. The number of hydrogen-bond donors (Lipinski definition) is 0. The van der Waals surface area contributed by atoms with Gasteiger partial charge in [-0.1, -0.05) is 6.07 Å². The second-order valence-corrected chi connectivity index (χ2v) is 6.65. The summed E-state index contributed by atoms with van der Waals surface area (Å²) < 4.78 is 0. The number of amides is 1. The Hall–Kier alpha value is -1.79. The maximum absolute atomic E-state index is 12.5. The second kappa shape index (κ2) is 6.54. The lowest BCUT2D eigenvalue weighted by Crippen LogP contribution is -2.48. The number of pyridine rings is 1. The third-order valence-electron chi connectivity index (χ3n) is 3.82. The molecule has 3 rings (SSSR count). The van der Waals surface area contributed by atoms with Crippen LogP contribution >= 0.6 is 11.3 Å². The van der Waals surface area contributed by atoms with Gasteiger partial charge in [-0.15, -0.1) is 11.3 Å². The predicted molar refractivity (Wildman–Crippen MR) is 87.0 cm³/mol. The molecule has 116 valence electrons. The fourth-order valence-electron chi connectivity index (χ4n) is 2.64. The van der Waals surface area contributed by atoms with Crippen LogP contribution in [0.25, 0.3) is 0 Å². The van der Waals surface area contributed by atoms with Gasteiger partial charge in [-0.25, -0.2) is 9.97 Å². The molecule has 1 aliphatic rings. The molecule has 0 spiro atoms. The minimum atomic E-state index is 0.0350. The van der Waals surface area contributed by atoms with Crippen molar-refractivity contribution in [3.63, 3.8) is 0 Å². The SMILES string of the molecule is Cc1cccc(C(=O)N2CCN(Cc3csc(C)n3)CC2)n1. The Balaban J connectivity index is 1.56. The number of nitrogens with zero attached hydrogens (tertiary/aromatic N) is 4. The fourth-order valence-corrected chi connectivity index (χ4v) is 3.25. The maximum Gasteiger partial charge on any atom is 0.272 e. The van der Waals surface area contributed by atoms with Crippen LogP contribution in [0.5, 0.6) is 0 Å². The van der Waals surface area contributed by atoms with Crippen LogP contribution in [0.15, 0.2) is 23.6 Å². The zero-order valence-corrected chi connectivity index (χ0v) is 13.8. The van der Waals surface area contributed by atoms with Gasteiger partial charge in [0.15, 0.2) is 0 Å². The van der Waals surface area contributed by atoms with E-state index in [0.29, 0.717) is 5.69 Å². The van der Waals surface area contributed by atoms with Crippen molar-refractivity contribution >= 4 is 17.2 Å². The standard InChI is InChI=1S/C16H20N4OS/c1-12-4-3-5-15(17-12)16(21)20-8-6-19(7-9-20)10-14-11-22-13(2)18-14/h3-5,11H,6-10H2,1-2H3. The first kappa shape index (κ1) is 15.1. The van der Waals surface area contributed by atoms with Crippen molar-refractivity contribution in [2.24, 2.45) is 0 Å². The molecule has 0 bridgehead atoms. The van der Waals surface area contributed by atoms with Crippen molar-refractivity contribution in [3.05, 3.63) is 45.7 Å². The zero-order chi connectivity index (χ0) is 15.5. The summed E-state index contributed by atoms with van der Waals surface area (Å²) >= 11 is 1.69. The quantitative estimate of drug-likeness (QED) is 0.870. The summed E-state index contributed by atoms with van der Waals surface area (Å²) in [6.07, 6.45) is 0. The molecular weight excluding hydrogens is 296 g/mol. The van der Waals surface area contributed by atoms with E-state index in [0.717, 1.165) is 49.1 Å². The molecule has 2 aromatic rings. The lowest BCUT2D eigenvalue weighted by molar-refractivity contribution is 0.0621. The van der Waals surface area contributed by atoms with E-state index in [2.05, 4.69) is 20.2 Å². The van der Waals surface area contributed by atoms with E-state index >= 15 is 0 Å². The number of hydrogen-bond acceptors (Lipinski definition) is 5. The molecule has 22 heavy (non-hydrogen) atoms. The normalized spacial score (nSPS) is 16.0. The first-order valence-corrected chi connectivity index (χ1v) is 8.36. The molecule has 0 unspecified atom stereocenters. The van der Waals surface area contributed by atoms with Gasteiger partial charge in [0, 0.05) is 43.8 Å². The Labute approximate surface area is 134 Å². The van der Waals surface area contributed by atoms with Crippen LogP contribution in [-0.4, -0.2) is 51.9 Å². The fraction of sp³-hybridized carbons (Fsp3) is 0.438. The maximum atomic E-state index is 12.5. The summed E-state index contributed by atoms with van der Waals surface area (Å²) in [5, 5.41) is 3.22. The van der Waals surface area contributed by atoms with E-state index in [4.69, 9.17) is 0 Å². The molecule has 0 atom stereocenters. The van der Waals surface area contributed by atoms with Crippen molar-refractivity contribution in [3.8, 4) is 0 Å². The third kappa shape index (κ3) is 3.51. The molecule has 6 heteroatoms. The Bertz CT molecular complexity index is 662. The van der Waals surface area contributed by atoms with Gasteiger partial charge in [0.25, 0.3) is 5.91 Å². The Morgan fingerprint density at radius 3 is 2.59 bits per heavy atom. The van der Waals surface area contributed by atoms with E-state index in [1.807, 2.05) is 30.9 Å². The van der Waals surface area contributed by atoms with Crippen LogP contribution in [-0.2, 0) is 6.54 Å². The van der Waals surface area contributed by atoms with Gasteiger partial charge in [-0.3, -0.25) is 9.69 Å². The van der Waals surface area contributed by atoms with E-state index in [1.165, 1.54) is 0 Å². The highest BCUT2D eigenvalue weighted by molar-refractivity contribution is 7.09. The van der Waals surface area contributed by atoms with Gasteiger partial charge >= 0.3 is 0 Å². The Kier molecular flexibility index (Phi) is 4.49. The van der Waals surface area contributed by atoms with Gasteiger partial charge in [0.1, 0.15) is 5.69 Å².